The summed E-state index contributed by atoms with van der Waals surface area (Å²) in [5.41, 5.74) is 1.34. The van der Waals surface area contributed by atoms with E-state index in [1.807, 2.05) is 42.2 Å². The number of imide groups is 2. The van der Waals surface area contributed by atoms with Gasteiger partial charge in [-0.05, 0) is 43.3 Å². The largest absolute Gasteiger partial charge is 0.490 e. The van der Waals surface area contributed by atoms with Gasteiger partial charge in [0.15, 0.2) is 5.54 Å². The van der Waals surface area contributed by atoms with Gasteiger partial charge >= 0.3 is 42.5 Å². The Morgan fingerprint density at radius 3 is 1.73 bits per heavy atom. The summed E-state index contributed by atoms with van der Waals surface area (Å²) in [5.74, 6) is -7.14. The molecule has 0 aliphatic carbocycles. The van der Waals surface area contributed by atoms with Crippen LogP contribution in [0.5, 0.6) is 5.75 Å². The fraction of sp³-hybridized carbons (Fsp3) is 0.333. The maximum Gasteiger partial charge on any atom is 0.490 e. The van der Waals surface area contributed by atoms with Crippen LogP contribution < -0.4 is 20.7 Å². The number of ether oxygens (including phenoxy) is 1. The van der Waals surface area contributed by atoms with E-state index >= 15 is 0 Å². The van der Waals surface area contributed by atoms with E-state index in [-0.39, 0.29) is 6.54 Å². The van der Waals surface area contributed by atoms with E-state index in [1.54, 1.807) is 29.2 Å². The number of piperazine rings is 1. The number of carbonyl (C=O) groups is 7. The number of amides is 5. The third kappa shape index (κ3) is 14.9. The second-order valence-corrected chi connectivity index (χ2v) is 12.4. The van der Waals surface area contributed by atoms with Gasteiger partial charge in [-0.25, -0.2) is 19.2 Å². The molecule has 3 heterocycles. The van der Waals surface area contributed by atoms with Gasteiger partial charge in [0.1, 0.15) is 12.4 Å². The Balaban J connectivity index is 0.000000519. The zero-order valence-corrected chi connectivity index (χ0v) is 31.6. The van der Waals surface area contributed by atoms with E-state index < -0.39 is 65.7 Å². The first-order valence-electron chi connectivity index (χ1n) is 17.0. The SMILES string of the molecule is C#CCN1CCN(C2(CNC(=O)c3ccc(OCc4cc(C)nc5ccccc45)cc3)C(=O)NC(=O)NC2=O)CC1.O=C(O)C(F)(F)F.O=C(O)C(F)(F)F.O=C(O)C(F)(F)F. The Morgan fingerprint density at radius 1 is 0.806 bits per heavy atom. The van der Waals surface area contributed by atoms with Gasteiger partial charge in [-0.1, -0.05) is 24.1 Å². The lowest BCUT2D eigenvalue weighted by atomic mass is 9.91. The lowest BCUT2D eigenvalue weighted by Crippen LogP contribution is -2.77. The first-order chi connectivity index (χ1) is 28.6. The molecule has 62 heavy (non-hydrogen) atoms. The zero-order chi connectivity index (χ0) is 47.2. The fourth-order valence-electron chi connectivity index (χ4n) is 5.21. The number of carbonyl (C=O) groups excluding carboxylic acids is 4. The molecule has 2 aliphatic rings. The highest BCUT2D eigenvalue weighted by atomic mass is 19.4. The van der Waals surface area contributed by atoms with Crippen molar-refractivity contribution in [1.82, 2.24) is 30.7 Å². The predicted octanol–water partition coefficient (Wildman–Crippen LogP) is 3.11. The summed E-state index contributed by atoms with van der Waals surface area (Å²) in [5, 5.41) is 29.5. The highest BCUT2D eigenvalue weighted by Gasteiger charge is 2.55. The van der Waals surface area contributed by atoms with Crippen molar-refractivity contribution < 1.29 is 93.1 Å². The quantitative estimate of drug-likeness (QED) is 0.108. The van der Waals surface area contributed by atoms with E-state index in [4.69, 9.17) is 40.9 Å². The minimum Gasteiger partial charge on any atom is -0.489 e. The van der Waals surface area contributed by atoms with Gasteiger partial charge in [-0.15, -0.1) is 6.42 Å². The van der Waals surface area contributed by atoms with Crippen LogP contribution in [0.4, 0.5) is 44.3 Å². The molecule has 3 aromatic rings. The standard InChI is InChI=1S/C30H30N6O5.3C2HF3O2/c1-3-12-35-13-15-36(16-14-35)30(27(38)33-29(40)34-28(30)39)19-31-26(37)21-8-10-23(11-9-21)41-18-22-17-20(2)32-25-7-5-4-6-24(22)25;3*3-2(4,5)1(6)7/h1,4-11,17H,12-16,18-19H2,2H3,(H,31,37)(H2,33,34,38,39,40);3*(H,6,7). The van der Waals surface area contributed by atoms with E-state index in [1.165, 1.54) is 0 Å². The highest BCUT2D eigenvalue weighted by molar-refractivity contribution is 6.23. The molecule has 0 bridgehead atoms. The molecular formula is C36H33F9N6O11. The third-order valence-electron chi connectivity index (χ3n) is 8.11. The number of urea groups is 1. The molecule has 17 nitrogen and oxygen atoms in total. The van der Waals surface area contributed by atoms with Crippen molar-refractivity contribution in [3.63, 3.8) is 0 Å². The number of fused-ring (bicyclic) bond motifs is 1. The topological polar surface area (TPSA) is 245 Å². The first-order valence-corrected chi connectivity index (χ1v) is 17.0. The molecule has 5 amide bonds. The fourth-order valence-corrected chi connectivity index (χ4v) is 5.21. The number of hydrogen-bond acceptors (Lipinski definition) is 11. The van der Waals surface area contributed by atoms with Crippen LogP contribution in [0.3, 0.4) is 0 Å². The number of nitrogens with zero attached hydrogens (tertiary/aromatic N) is 3. The van der Waals surface area contributed by atoms with Gasteiger partial charge in [0.25, 0.3) is 17.7 Å². The molecular weight excluding hydrogens is 863 g/mol. The predicted molar refractivity (Wildman–Crippen MR) is 192 cm³/mol. The van der Waals surface area contributed by atoms with Crippen molar-refractivity contribution in [2.24, 2.45) is 0 Å². The number of hydrogen-bond donors (Lipinski definition) is 6. The summed E-state index contributed by atoms with van der Waals surface area (Å²) in [4.78, 5) is 86.0. The molecule has 336 valence electrons. The number of aryl methyl sites for hydroxylation is 1. The number of terminal acetylenes is 1. The van der Waals surface area contributed by atoms with Crippen LogP contribution in [0.15, 0.2) is 54.6 Å². The van der Waals surface area contributed by atoms with Gasteiger partial charge in [0, 0.05) is 48.4 Å². The van der Waals surface area contributed by atoms with Gasteiger partial charge in [-0.3, -0.25) is 39.8 Å². The second kappa shape index (κ2) is 21.5. The molecule has 0 unspecified atom stereocenters. The van der Waals surface area contributed by atoms with Gasteiger partial charge in [0.2, 0.25) is 0 Å². The van der Waals surface area contributed by atoms with Crippen molar-refractivity contribution in [2.75, 3.05) is 39.3 Å². The maximum absolute atomic E-state index is 13.1. The summed E-state index contributed by atoms with van der Waals surface area (Å²) in [7, 11) is 0. The number of nitrogens with one attached hydrogen (secondary N) is 3. The normalized spacial score (nSPS) is 15.3. The average molecular weight is 897 g/mol. The molecule has 6 N–H and O–H groups in total. The zero-order valence-electron chi connectivity index (χ0n) is 31.6. The van der Waals surface area contributed by atoms with Crippen LogP contribution in [0.1, 0.15) is 21.6 Å². The number of aliphatic carboxylic acids is 3. The van der Waals surface area contributed by atoms with E-state index in [2.05, 4.69) is 26.9 Å². The van der Waals surface area contributed by atoms with Crippen LogP contribution in [-0.2, 0) is 30.6 Å². The average Bonchev–Trinajstić information content (AvgIpc) is 3.17. The Labute approximate surface area is 342 Å². The molecule has 5 rings (SSSR count). The Hall–Kier alpha value is -7.01. The number of rotatable bonds is 8. The van der Waals surface area contributed by atoms with E-state index in [0.717, 1.165) is 22.2 Å². The number of halogens is 9. The number of barbiturate groups is 1. The van der Waals surface area contributed by atoms with Crippen molar-refractivity contribution >= 4 is 52.6 Å². The van der Waals surface area contributed by atoms with E-state index in [9.17, 15) is 58.7 Å². The second-order valence-electron chi connectivity index (χ2n) is 12.4. The molecule has 0 radical (unpaired) electrons. The number of carboxylic acids is 3. The Bertz CT molecular complexity index is 2090. The number of benzene rings is 2. The lowest BCUT2D eigenvalue weighted by Gasteiger charge is -2.46. The van der Waals surface area contributed by atoms with Crippen LogP contribution in [-0.4, -0.2) is 135 Å². The van der Waals surface area contributed by atoms with Crippen LogP contribution in [0.25, 0.3) is 10.9 Å². The van der Waals surface area contributed by atoms with Crippen molar-refractivity contribution in [3.05, 3.63) is 71.4 Å². The van der Waals surface area contributed by atoms with Crippen molar-refractivity contribution in [2.45, 2.75) is 37.6 Å². The molecule has 2 saturated heterocycles. The number of carboxylic acid groups (broad SMARTS) is 3. The number of pyridine rings is 1. The first kappa shape index (κ1) is 51.1. The van der Waals surface area contributed by atoms with Crippen molar-refractivity contribution in [3.8, 4) is 18.1 Å². The molecule has 2 aliphatic heterocycles. The summed E-state index contributed by atoms with van der Waals surface area (Å²) < 4.78 is 101. The van der Waals surface area contributed by atoms with Gasteiger partial charge in [0.05, 0.1) is 18.6 Å². The maximum atomic E-state index is 13.1. The number of alkyl halides is 9. The summed E-state index contributed by atoms with van der Waals surface area (Å²) in [6.45, 7) is 4.16. The smallest absolute Gasteiger partial charge is 0.489 e. The third-order valence-corrected chi connectivity index (χ3v) is 8.11. The lowest BCUT2D eigenvalue weighted by molar-refractivity contribution is -0.193. The molecule has 26 heteroatoms. The number of para-hydroxylation sites is 1. The molecule has 0 spiro atoms. The van der Waals surface area contributed by atoms with Gasteiger partial charge < -0.3 is 25.4 Å². The van der Waals surface area contributed by atoms with Gasteiger partial charge in [-0.2, -0.15) is 39.5 Å². The van der Waals surface area contributed by atoms with E-state index in [0.29, 0.717) is 50.6 Å². The van der Waals surface area contributed by atoms with Crippen LogP contribution >= 0.6 is 0 Å². The molecule has 0 atom stereocenters. The minimum atomic E-state index is -5.08. The van der Waals surface area contributed by atoms with Crippen LogP contribution in [0, 0.1) is 19.3 Å². The van der Waals surface area contributed by atoms with Crippen LogP contribution in [0.2, 0.25) is 0 Å². The highest BCUT2D eigenvalue weighted by Crippen LogP contribution is 2.24. The Kier molecular flexibility index (Phi) is 17.7. The molecule has 2 fully saturated rings. The molecule has 2 aromatic carbocycles. The Morgan fingerprint density at radius 2 is 1.27 bits per heavy atom. The molecule has 1 aromatic heterocycles. The summed E-state index contributed by atoms with van der Waals surface area (Å²) >= 11 is 0. The number of aromatic nitrogens is 1. The van der Waals surface area contributed by atoms with Crippen molar-refractivity contribution in [1.29, 1.82) is 0 Å². The molecule has 0 saturated carbocycles. The summed E-state index contributed by atoms with van der Waals surface area (Å²) in [6.07, 6.45) is -9.84. The summed E-state index contributed by atoms with van der Waals surface area (Å²) in [6, 6.07) is 15.5. The monoisotopic (exact) mass is 896 g/mol. The minimum absolute atomic E-state index is 0.321.